The summed E-state index contributed by atoms with van der Waals surface area (Å²) in [4.78, 5) is 29.0. The fourth-order valence-corrected chi connectivity index (χ4v) is 3.30. The topological polar surface area (TPSA) is 71.5 Å². The van der Waals surface area contributed by atoms with Crippen molar-refractivity contribution in [2.24, 2.45) is 0 Å². The number of fused-ring (bicyclic) bond motifs is 1. The van der Waals surface area contributed by atoms with Crippen molar-refractivity contribution in [2.75, 3.05) is 14.1 Å². The van der Waals surface area contributed by atoms with Gasteiger partial charge in [0.2, 0.25) is 0 Å². The third-order valence-corrected chi connectivity index (χ3v) is 4.90. The highest BCUT2D eigenvalue weighted by Crippen LogP contribution is 2.28. The van der Waals surface area contributed by atoms with E-state index in [9.17, 15) is 18.4 Å². The number of halogens is 3. The number of rotatable bonds is 4. The van der Waals surface area contributed by atoms with Crippen molar-refractivity contribution in [3.8, 4) is 5.75 Å². The van der Waals surface area contributed by atoms with Crippen molar-refractivity contribution in [2.45, 2.75) is 6.61 Å². The van der Waals surface area contributed by atoms with Gasteiger partial charge in [-0.05, 0) is 30.3 Å². The fraction of sp³-hybridized carbons (Fsp3) is 0.167. The first-order valence-corrected chi connectivity index (χ1v) is 9.14. The van der Waals surface area contributed by atoms with Crippen LogP contribution in [0.3, 0.4) is 0 Å². The molecule has 0 saturated heterocycles. The number of benzene rings is 2. The van der Waals surface area contributed by atoms with Crippen LogP contribution in [-0.4, -0.2) is 35.9 Å². The first-order chi connectivity index (χ1) is 13.3. The number of aromatic nitrogens is 1. The van der Waals surface area contributed by atoms with Crippen LogP contribution in [0.2, 0.25) is 5.02 Å². The van der Waals surface area contributed by atoms with Crippen LogP contribution >= 0.6 is 22.9 Å². The number of hydrogen-bond donors (Lipinski definition) is 1. The molecule has 0 radical (unpaired) electrons. The lowest BCUT2D eigenvalue weighted by Crippen LogP contribution is -2.39. The molecule has 6 nitrogen and oxygen atoms in total. The summed E-state index contributed by atoms with van der Waals surface area (Å²) in [6.07, 6.45) is 0. The van der Waals surface area contributed by atoms with Crippen LogP contribution in [0.25, 0.3) is 10.2 Å². The van der Waals surface area contributed by atoms with Gasteiger partial charge >= 0.3 is 6.03 Å². The van der Waals surface area contributed by atoms with Crippen LogP contribution in [0.4, 0.5) is 13.6 Å². The first-order valence-electron chi connectivity index (χ1n) is 7.94. The van der Waals surface area contributed by atoms with Gasteiger partial charge in [-0.1, -0.05) is 11.6 Å². The van der Waals surface area contributed by atoms with E-state index in [1.54, 1.807) is 12.1 Å². The van der Waals surface area contributed by atoms with Crippen molar-refractivity contribution in [1.82, 2.24) is 15.2 Å². The predicted molar refractivity (Wildman–Crippen MR) is 102 cm³/mol. The van der Waals surface area contributed by atoms with Crippen molar-refractivity contribution in [3.05, 3.63) is 57.6 Å². The molecule has 3 aromatic rings. The molecule has 1 N–H and O–H groups in total. The summed E-state index contributed by atoms with van der Waals surface area (Å²) in [5.41, 5.74) is -0.221. The molecule has 1 heterocycles. The molecule has 0 aliphatic carbocycles. The van der Waals surface area contributed by atoms with Gasteiger partial charge in [-0.3, -0.25) is 10.1 Å². The van der Waals surface area contributed by atoms with Gasteiger partial charge in [0, 0.05) is 19.1 Å². The van der Waals surface area contributed by atoms with E-state index in [2.05, 4.69) is 4.98 Å². The maximum atomic E-state index is 14.6. The second-order valence-electron chi connectivity index (χ2n) is 5.90. The Bertz CT molecular complexity index is 1070. The summed E-state index contributed by atoms with van der Waals surface area (Å²) in [5, 5.41) is 2.98. The lowest BCUT2D eigenvalue weighted by molar-refractivity contribution is 0.0947. The minimum atomic E-state index is -1.20. The first kappa shape index (κ1) is 20.0. The van der Waals surface area contributed by atoms with Gasteiger partial charge in [0.1, 0.15) is 23.0 Å². The Morgan fingerprint density at radius 1 is 1.25 bits per heavy atom. The number of amides is 3. The van der Waals surface area contributed by atoms with Crippen molar-refractivity contribution < 1.29 is 23.1 Å². The lowest BCUT2D eigenvalue weighted by atomic mass is 10.1. The Balaban J connectivity index is 1.80. The number of imide groups is 1. The molecule has 2 aromatic carbocycles. The molecule has 0 fully saturated rings. The molecule has 0 bridgehead atoms. The SMILES string of the molecule is CN(C)C(=O)NC(=O)c1c(F)ccc(OCc2nc3cc(Cl)ccc3s2)c1F. The molecule has 0 aliphatic heterocycles. The predicted octanol–water partition coefficient (Wildman–Crippen LogP) is 4.22. The third kappa shape index (κ3) is 4.20. The molecule has 0 saturated carbocycles. The number of nitrogens with one attached hydrogen (secondary N) is 1. The Morgan fingerprint density at radius 3 is 2.71 bits per heavy atom. The minimum absolute atomic E-state index is 0.0861. The van der Waals surface area contributed by atoms with Gasteiger partial charge < -0.3 is 9.64 Å². The summed E-state index contributed by atoms with van der Waals surface area (Å²) in [7, 11) is 2.78. The molecular formula is C18H14ClF2N3O3S. The van der Waals surface area contributed by atoms with E-state index < -0.39 is 29.1 Å². The van der Waals surface area contributed by atoms with Crippen LogP contribution in [0.1, 0.15) is 15.4 Å². The molecule has 0 aliphatic rings. The Morgan fingerprint density at radius 2 is 2.00 bits per heavy atom. The number of nitrogens with zero attached hydrogens (tertiary/aromatic N) is 2. The molecule has 10 heteroatoms. The number of urea groups is 1. The average Bonchev–Trinajstić information content (AvgIpc) is 3.02. The molecule has 28 heavy (non-hydrogen) atoms. The number of thiazole rings is 1. The van der Waals surface area contributed by atoms with E-state index in [0.717, 1.165) is 21.7 Å². The minimum Gasteiger partial charge on any atom is -0.483 e. The van der Waals surface area contributed by atoms with Gasteiger partial charge in [0.15, 0.2) is 11.6 Å². The maximum absolute atomic E-state index is 14.6. The molecule has 3 amide bonds. The highest BCUT2D eigenvalue weighted by atomic mass is 35.5. The number of hydrogen-bond acceptors (Lipinski definition) is 5. The zero-order valence-electron chi connectivity index (χ0n) is 14.8. The summed E-state index contributed by atoms with van der Waals surface area (Å²) in [6.45, 7) is -0.0861. The highest BCUT2D eigenvalue weighted by molar-refractivity contribution is 7.18. The second kappa shape index (κ2) is 8.07. The van der Waals surface area contributed by atoms with Crippen molar-refractivity contribution in [1.29, 1.82) is 0 Å². The summed E-state index contributed by atoms with van der Waals surface area (Å²) >= 11 is 7.26. The fourth-order valence-electron chi connectivity index (χ4n) is 2.27. The molecular weight excluding hydrogens is 412 g/mol. The van der Waals surface area contributed by atoms with Crippen LogP contribution in [-0.2, 0) is 6.61 Å². The Labute approximate surface area is 167 Å². The van der Waals surface area contributed by atoms with Gasteiger partial charge in [-0.25, -0.2) is 18.6 Å². The molecule has 1 aromatic heterocycles. The number of carbonyl (C=O) groups excluding carboxylic acids is 2. The molecule has 0 atom stereocenters. The van der Waals surface area contributed by atoms with Crippen LogP contribution < -0.4 is 10.1 Å². The van der Waals surface area contributed by atoms with E-state index in [4.69, 9.17) is 16.3 Å². The van der Waals surface area contributed by atoms with Crippen molar-refractivity contribution in [3.63, 3.8) is 0 Å². The van der Waals surface area contributed by atoms with E-state index in [1.165, 1.54) is 25.4 Å². The van der Waals surface area contributed by atoms with Gasteiger partial charge in [-0.2, -0.15) is 0 Å². The van der Waals surface area contributed by atoms with E-state index in [1.807, 2.05) is 11.4 Å². The van der Waals surface area contributed by atoms with Gasteiger partial charge in [0.05, 0.1) is 10.2 Å². The maximum Gasteiger partial charge on any atom is 0.323 e. The molecule has 3 rings (SSSR count). The quantitative estimate of drug-likeness (QED) is 0.679. The normalized spacial score (nSPS) is 10.8. The largest absolute Gasteiger partial charge is 0.483 e. The van der Waals surface area contributed by atoms with Crippen LogP contribution in [0.5, 0.6) is 5.75 Å². The summed E-state index contributed by atoms with van der Waals surface area (Å²) in [6, 6.07) is 6.39. The smallest absolute Gasteiger partial charge is 0.323 e. The monoisotopic (exact) mass is 425 g/mol. The Hall–Kier alpha value is -2.78. The molecule has 0 unspecified atom stereocenters. The van der Waals surface area contributed by atoms with Crippen LogP contribution in [0.15, 0.2) is 30.3 Å². The molecule has 0 spiro atoms. The summed E-state index contributed by atoms with van der Waals surface area (Å²) in [5.74, 6) is -3.84. The zero-order valence-corrected chi connectivity index (χ0v) is 16.3. The second-order valence-corrected chi connectivity index (χ2v) is 7.45. The number of carbonyl (C=O) groups is 2. The Kier molecular flexibility index (Phi) is 5.76. The third-order valence-electron chi connectivity index (χ3n) is 3.65. The van der Waals surface area contributed by atoms with Crippen LogP contribution in [0, 0.1) is 11.6 Å². The zero-order chi connectivity index (χ0) is 20.4. The van der Waals surface area contributed by atoms with Gasteiger partial charge in [0.25, 0.3) is 5.91 Å². The average molecular weight is 426 g/mol. The van der Waals surface area contributed by atoms with Gasteiger partial charge in [-0.15, -0.1) is 11.3 Å². The standard InChI is InChI=1S/C18H14ClF2N3O3S/c1-24(2)18(26)23-17(25)15-10(20)4-5-12(16(15)21)27-8-14-22-11-7-9(19)3-6-13(11)28-14/h3-7H,8H2,1-2H3,(H,23,25,26). The lowest BCUT2D eigenvalue weighted by Gasteiger charge is -2.13. The number of ether oxygens (including phenoxy) is 1. The van der Waals surface area contributed by atoms with E-state index >= 15 is 0 Å². The highest BCUT2D eigenvalue weighted by Gasteiger charge is 2.23. The molecule has 146 valence electrons. The summed E-state index contributed by atoms with van der Waals surface area (Å²) < 4.78 is 34.8. The van der Waals surface area contributed by atoms with E-state index in [-0.39, 0.29) is 12.4 Å². The van der Waals surface area contributed by atoms with Crippen molar-refractivity contribution >= 4 is 45.1 Å². The van der Waals surface area contributed by atoms with E-state index in [0.29, 0.717) is 15.5 Å².